The monoisotopic (exact) mass is 792 g/mol. The lowest BCUT2D eigenvalue weighted by Crippen LogP contribution is -2.34. The SMILES string of the molecule is CCCCCCCCCCCCCCCCCCCCC(=O)O[C@H](COC(=O)CCCCCCCCCCCCCC)COP(=O)(O)OC[C@H](N)C(=O)O. The first-order valence-electron chi connectivity index (χ1n) is 22.1. The van der Waals surface area contributed by atoms with Gasteiger partial charge in [-0.05, 0) is 12.8 Å². The Morgan fingerprint density at radius 1 is 0.500 bits per heavy atom. The van der Waals surface area contributed by atoms with Gasteiger partial charge in [-0.2, -0.15) is 0 Å². The molecule has 0 aromatic heterocycles. The molecule has 0 aromatic carbocycles. The van der Waals surface area contributed by atoms with Crippen molar-refractivity contribution < 1.29 is 47.5 Å². The van der Waals surface area contributed by atoms with E-state index in [1.165, 1.54) is 141 Å². The molecule has 3 atom stereocenters. The van der Waals surface area contributed by atoms with Crippen molar-refractivity contribution in [2.75, 3.05) is 19.8 Å². The van der Waals surface area contributed by atoms with E-state index in [2.05, 4.69) is 18.4 Å². The number of phosphoric acid groups is 1. The molecule has 0 fully saturated rings. The maximum absolute atomic E-state index is 12.6. The summed E-state index contributed by atoms with van der Waals surface area (Å²) in [5.41, 5.74) is 5.33. The van der Waals surface area contributed by atoms with E-state index in [9.17, 15) is 23.8 Å². The van der Waals surface area contributed by atoms with Gasteiger partial charge in [0.05, 0.1) is 13.2 Å². The number of aliphatic carboxylic acids is 1. The van der Waals surface area contributed by atoms with Crippen molar-refractivity contribution in [3.8, 4) is 0 Å². The average molecular weight is 792 g/mol. The minimum absolute atomic E-state index is 0.169. The molecule has 0 aliphatic heterocycles. The zero-order valence-corrected chi connectivity index (χ0v) is 35.5. The Hall–Kier alpha value is -1.52. The lowest BCUT2D eigenvalue weighted by Gasteiger charge is -2.20. The standard InChI is InChI=1S/C42H82NO10P/c1-3-5-7-9-11-13-15-17-18-19-20-21-22-24-26-28-30-32-34-41(45)53-38(36-51-54(48,49)52-37-39(43)42(46)47)35-50-40(44)33-31-29-27-25-23-16-14-12-10-8-6-4-2/h38-39H,3-37,43H2,1-2H3,(H,46,47)(H,48,49)/t38-,39+/m1/s1. The Labute approximate surface area is 329 Å². The number of ether oxygens (including phenoxy) is 2. The third-order valence-corrected chi connectivity index (χ3v) is 10.8. The molecule has 0 aliphatic rings. The Bertz CT molecular complexity index is 937. The first kappa shape index (κ1) is 52.5. The quantitative estimate of drug-likeness (QED) is 0.0305. The second-order valence-electron chi connectivity index (χ2n) is 15.2. The minimum Gasteiger partial charge on any atom is -0.480 e. The van der Waals surface area contributed by atoms with Gasteiger partial charge in [0.25, 0.3) is 0 Å². The second-order valence-corrected chi connectivity index (χ2v) is 16.7. The summed E-state index contributed by atoms with van der Waals surface area (Å²) >= 11 is 0. The van der Waals surface area contributed by atoms with Crippen LogP contribution in [0, 0.1) is 0 Å². The van der Waals surface area contributed by atoms with Gasteiger partial charge < -0.3 is 25.2 Å². The molecule has 0 spiro atoms. The van der Waals surface area contributed by atoms with Crippen LogP contribution in [0.15, 0.2) is 0 Å². The van der Waals surface area contributed by atoms with Crippen LogP contribution in [-0.2, 0) is 37.5 Å². The number of carboxylic acids is 1. The molecule has 4 N–H and O–H groups in total. The highest BCUT2D eigenvalue weighted by Gasteiger charge is 2.28. The summed E-state index contributed by atoms with van der Waals surface area (Å²) in [5, 5.41) is 8.88. The number of carboxylic acid groups (broad SMARTS) is 1. The summed E-state index contributed by atoms with van der Waals surface area (Å²) in [4.78, 5) is 45.9. The van der Waals surface area contributed by atoms with Gasteiger partial charge in [0.1, 0.15) is 12.6 Å². The highest BCUT2D eigenvalue weighted by molar-refractivity contribution is 7.47. The predicted octanol–water partition coefficient (Wildman–Crippen LogP) is 11.5. The van der Waals surface area contributed by atoms with Crippen LogP contribution in [-0.4, -0.2) is 59.9 Å². The van der Waals surface area contributed by atoms with Crippen molar-refractivity contribution in [3.05, 3.63) is 0 Å². The Morgan fingerprint density at radius 2 is 0.815 bits per heavy atom. The Kier molecular flexibility index (Phi) is 37.3. The number of hydrogen-bond acceptors (Lipinski definition) is 9. The van der Waals surface area contributed by atoms with Crippen LogP contribution >= 0.6 is 7.82 Å². The minimum atomic E-state index is -4.71. The normalized spacial score (nSPS) is 13.7. The van der Waals surface area contributed by atoms with Gasteiger partial charge in [-0.15, -0.1) is 0 Å². The van der Waals surface area contributed by atoms with Gasteiger partial charge in [0, 0.05) is 12.8 Å². The van der Waals surface area contributed by atoms with E-state index in [0.29, 0.717) is 12.8 Å². The number of hydrogen-bond donors (Lipinski definition) is 3. The van der Waals surface area contributed by atoms with Crippen molar-refractivity contribution in [2.45, 2.75) is 231 Å². The van der Waals surface area contributed by atoms with Gasteiger partial charge in [-0.3, -0.25) is 23.4 Å². The summed E-state index contributed by atoms with van der Waals surface area (Å²) in [6.07, 6.45) is 35.9. The smallest absolute Gasteiger partial charge is 0.472 e. The predicted molar refractivity (Wildman–Crippen MR) is 217 cm³/mol. The van der Waals surface area contributed by atoms with E-state index < -0.39 is 51.1 Å². The lowest BCUT2D eigenvalue weighted by molar-refractivity contribution is -0.161. The van der Waals surface area contributed by atoms with Crippen LogP contribution in [0.25, 0.3) is 0 Å². The topological polar surface area (TPSA) is 172 Å². The zero-order chi connectivity index (χ0) is 40.0. The van der Waals surface area contributed by atoms with Crippen LogP contribution < -0.4 is 5.73 Å². The molecule has 0 saturated heterocycles. The number of phosphoric ester groups is 1. The van der Waals surface area contributed by atoms with Crippen molar-refractivity contribution in [1.29, 1.82) is 0 Å². The molecule has 0 saturated carbocycles. The molecule has 0 rings (SSSR count). The van der Waals surface area contributed by atoms with Crippen molar-refractivity contribution in [2.24, 2.45) is 5.73 Å². The fraction of sp³-hybridized carbons (Fsp3) is 0.929. The van der Waals surface area contributed by atoms with E-state index in [4.69, 9.17) is 24.8 Å². The van der Waals surface area contributed by atoms with Gasteiger partial charge >= 0.3 is 25.7 Å². The van der Waals surface area contributed by atoms with E-state index in [0.717, 1.165) is 38.5 Å². The fourth-order valence-corrected chi connectivity index (χ4v) is 7.14. The average Bonchev–Trinajstić information content (AvgIpc) is 3.14. The van der Waals surface area contributed by atoms with Crippen LogP contribution in [0.4, 0.5) is 0 Å². The first-order chi connectivity index (χ1) is 26.1. The lowest BCUT2D eigenvalue weighted by atomic mass is 10.0. The number of carbonyl (C=O) groups excluding carboxylic acids is 2. The molecular formula is C42H82NO10P. The molecule has 320 valence electrons. The molecule has 0 bridgehead atoms. The number of nitrogens with two attached hydrogens (primary N) is 1. The Balaban J connectivity index is 4.29. The maximum Gasteiger partial charge on any atom is 0.472 e. The molecule has 0 amide bonds. The van der Waals surface area contributed by atoms with E-state index >= 15 is 0 Å². The number of rotatable bonds is 42. The van der Waals surface area contributed by atoms with Crippen LogP contribution in [0.2, 0.25) is 0 Å². The van der Waals surface area contributed by atoms with E-state index in [1.54, 1.807) is 0 Å². The Morgan fingerprint density at radius 3 is 1.17 bits per heavy atom. The van der Waals surface area contributed by atoms with Crippen molar-refractivity contribution >= 4 is 25.7 Å². The van der Waals surface area contributed by atoms with Gasteiger partial charge in [0.2, 0.25) is 0 Å². The highest BCUT2D eigenvalue weighted by Crippen LogP contribution is 2.43. The third-order valence-electron chi connectivity index (χ3n) is 9.86. The molecule has 0 aromatic rings. The third kappa shape index (κ3) is 37.4. The largest absolute Gasteiger partial charge is 0.480 e. The molecular weight excluding hydrogens is 709 g/mol. The second kappa shape index (κ2) is 38.4. The zero-order valence-electron chi connectivity index (χ0n) is 34.6. The maximum atomic E-state index is 12.6. The molecule has 54 heavy (non-hydrogen) atoms. The van der Waals surface area contributed by atoms with Crippen LogP contribution in [0.1, 0.15) is 219 Å². The van der Waals surface area contributed by atoms with Crippen LogP contribution in [0.3, 0.4) is 0 Å². The van der Waals surface area contributed by atoms with Crippen LogP contribution in [0.5, 0.6) is 0 Å². The van der Waals surface area contributed by atoms with Crippen molar-refractivity contribution in [3.63, 3.8) is 0 Å². The summed E-state index contributed by atoms with van der Waals surface area (Å²) in [7, 11) is -4.71. The van der Waals surface area contributed by atoms with Gasteiger partial charge in [0.15, 0.2) is 6.10 Å². The summed E-state index contributed by atoms with van der Waals surface area (Å²) in [6.45, 7) is 2.83. The molecule has 0 heterocycles. The van der Waals surface area contributed by atoms with E-state index in [1.807, 2.05) is 0 Å². The number of carbonyl (C=O) groups is 3. The fourth-order valence-electron chi connectivity index (χ4n) is 6.36. The molecule has 1 unspecified atom stereocenters. The molecule has 12 heteroatoms. The number of esters is 2. The van der Waals surface area contributed by atoms with Crippen molar-refractivity contribution in [1.82, 2.24) is 0 Å². The highest BCUT2D eigenvalue weighted by atomic mass is 31.2. The molecule has 11 nitrogen and oxygen atoms in total. The summed E-state index contributed by atoms with van der Waals surface area (Å²) in [5.74, 6) is -2.36. The van der Waals surface area contributed by atoms with Gasteiger partial charge in [-0.25, -0.2) is 4.57 Å². The molecule has 0 radical (unpaired) electrons. The number of unbranched alkanes of at least 4 members (excludes halogenated alkanes) is 28. The van der Waals surface area contributed by atoms with E-state index in [-0.39, 0.29) is 19.4 Å². The summed E-state index contributed by atoms with van der Waals surface area (Å²) < 4.78 is 32.7. The first-order valence-corrected chi connectivity index (χ1v) is 23.6. The molecule has 0 aliphatic carbocycles. The summed E-state index contributed by atoms with van der Waals surface area (Å²) in [6, 6.07) is -1.52. The van der Waals surface area contributed by atoms with Gasteiger partial charge in [-0.1, -0.05) is 194 Å².